The minimum Gasteiger partial charge on any atom is -0.490 e. The molecule has 0 unspecified atom stereocenters. The molecule has 1 N–H and O–H groups in total. The lowest BCUT2D eigenvalue weighted by atomic mass is 10.1. The third-order valence-electron chi connectivity index (χ3n) is 4.60. The van der Waals surface area contributed by atoms with Crippen molar-refractivity contribution in [1.29, 1.82) is 0 Å². The highest BCUT2D eigenvalue weighted by atomic mass is 35.5. The van der Waals surface area contributed by atoms with Crippen LogP contribution in [0.1, 0.15) is 12.8 Å². The lowest BCUT2D eigenvalue weighted by Crippen LogP contribution is -2.30. The summed E-state index contributed by atoms with van der Waals surface area (Å²) in [4.78, 5) is 8.58. The van der Waals surface area contributed by atoms with Crippen LogP contribution in [0.4, 0.5) is 15.9 Å². The molecule has 9 heteroatoms. The average molecular weight is 422 g/mol. The number of fused-ring (bicyclic) bond motifs is 1. The van der Waals surface area contributed by atoms with Crippen molar-refractivity contribution in [1.82, 2.24) is 9.97 Å². The molecule has 2 heterocycles. The number of hydrogen-bond donors (Lipinski definition) is 1. The Hall–Kier alpha value is -2.45. The number of aromatic nitrogens is 2. The van der Waals surface area contributed by atoms with E-state index in [1.165, 1.54) is 18.5 Å². The molecule has 0 radical (unpaired) electrons. The first-order chi connectivity index (χ1) is 13.4. The fourth-order valence-electron chi connectivity index (χ4n) is 3.15. The van der Waals surface area contributed by atoms with Crippen molar-refractivity contribution >= 4 is 43.8 Å². The predicted molar refractivity (Wildman–Crippen MR) is 107 cm³/mol. The normalized spacial score (nSPS) is 16.8. The molecule has 6 nitrogen and oxygen atoms in total. The molecule has 0 atom stereocenters. The first-order valence-corrected chi connectivity index (χ1v) is 10.9. The predicted octanol–water partition coefficient (Wildman–Crippen LogP) is 4.12. The van der Waals surface area contributed by atoms with Gasteiger partial charge in [-0.1, -0.05) is 17.7 Å². The van der Waals surface area contributed by atoms with Crippen molar-refractivity contribution in [2.75, 3.05) is 16.8 Å². The van der Waals surface area contributed by atoms with Gasteiger partial charge < -0.3 is 10.1 Å². The molecule has 28 heavy (non-hydrogen) atoms. The Morgan fingerprint density at radius 3 is 2.68 bits per heavy atom. The average Bonchev–Trinajstić information content (AvgIpc) is 2.67. The lowest BCUT2D eigenvalue weighted by Gasteiger charge is -2.24. The van der Waals surface area contributed by atoms with E-state index in [0.29, 0.717) is 41.0 Å². The maximum absolute atomic E-state index is 13.4. The van der Waals surface area contributed by atoms with Crippen LogP contribution in [0, 0.1) is 5.82 Å². The minimum absolute atomic E-state index is 0.00301. The summed E-state index contributed by atoms with van der Waals surface area (Å²) in [6.07, 6.45) is 2.13. The molecule has 2 aromatic carbocycles. The van der Waals surface area contributed by atoms with Crippen LogP contribution in [0.5, 0.6) is 5.75 Å². The summed E-state index contributed by atoms with van der Waals surface area (Å²) in [6, 6.07) is 9.76. The van der Waals surface area contributed by atoms with Gasteiger partial charge in [0, 0.05) is 5.69 Å². The van der Waals surface area contributed by atoms with Crippen LogP contribution >= 0.6 is 11.6 Å². The van der Waals surface area contributed by atoms with Gasteiger partial charge in [-0.25, -0.2) is 22.8 Å². The molecule has 0 spiro atoms. The molecule has 4 rings (SSSR count). The second-order valence-corrected chi connectivity index (χ2v) is 9.31. The Bertz CT molecular complexity index is 1120. The second-order valence-electron chi connectivity index (χ2n) is 6.60. The van der Waals surface area contributed by atoms with Crippen LogP contribution in [0.25, 0.3) is 10.9 Å². The fraction of sp³-hybridized carbons (Fsp3) is 0.263. The lowest BCUT2D eigenvalue weighted by molar-refractivity contribution is 0.192. The topological polar surface area (TPSA) is 81.2 Å². The highest BCUT2D eigenvalue weighted by Crippen LogP contribution is 2.33. The molecule has 0 saturated carbocycles. The van der Waals surface area contributed by atoms with Gasteiger partial charge in [-0.2, -0.15) is 0 Å². The number of hydrogen-bond acceptors (Lipinski definition) is 6. The molecule has 1 aromatic heterocycles. The van der Waals surface area contributed by atoms with Gasteiger partial charge in [0.05, 0.1) is 27.4 Å². The van der Waals surface area contributed by atoms with Gasteiger partial charge in [0.2, 0.25) is 0 Å². The van der Waals surface area contributed by atoms with E-state index in [1.54, 1.807) is 12.1 Å². The quantitative estimate of drug-likeness (QED) is 0.682. The molecule has 1 aliphatic rings. The van der Waals surface area contributed by atoms with Crippen LogP contribution in [0.15, 0.2) is 42.7 Å². The zero-order valence-corrected chi connectivity index (χ0v) is 16.3. The van der Waals surface area contributed by atoms with Crippen LogP contribution in [-0.2, 0) is 9.84 Å². The zero-order chi connectivity index (χ0) is 19.7. The smallest absolute Gasteiger partial charge is 0.150 e. The Morgan fingerprint density at radius 2 is 1.93 bits per heavy atom. The van der Waals surface area contributed by atoms with E-state index in [1.807, 2.05) is 12.1 Å². The van der Waals surface area contributed by atoms with E-state index < -0.39 is 15.7 Å². The summed E-state index contributed by atoms with van der Waals surface area (Å²) >= 11 is 5.86. The number of rotatable bonds is 4. The summed E-state index contributed by atoms with van der Waals surface area (Å²) in [7, 11) is -2.97. The van der Waals surface area contributed by atoms with E-state index in [4.69, 9.17) is 16.3 Å². The van der Waals surface area contributed by atoms with E-state index in [9.17, 15) is 12.8 Å². The number of nitrogens with one attached hydrogen (secondary N) is 1. The van der Waals surface area contributed by atoms with Gasteiger partial charge in [-0.05, 0) is 43.2 Å². The monoisotopic (exact) mass is 421 g/mol. The maximum Gasteiger partial charge on any atom is 0.150 e. The van der Waals surface area contributed by atoms with Crippen molar-refractivity contribution in [3.63, 3.8) is 0 Å². The Labute approximate surface area is 166 Å². The first-order valence-electron chi connectivity index (χ1n) is 8.74. The molecule has 3 aromatic rings. The van der Waals surface area contributed by atoms with Crippen molar-refractivity contribution in [3.8, 4) is 5.75 Å². The van der Waals surface area contributed by atoms with Crippen LogP contribution in [0.3, 0.4) is 0 Å². The summed E-state index contributed by atoms with van der Waals surface area (Å²) < 4.78 is 42.8. The van der Waals surface area contributed by atoms with Crippen LogP contribution in [-0.4, -0.2) is 36.0 Å². The zero-order valence-electron chi connectivity index (χ0n) is 14.7. The highest BCUT2D eigenvalue weighted by Gasteiger charge is 2.25. The highest BCUT2D eigenvalue weighted by molar-refractivity contribution is 7.91. The molecular formula is C19H17ClFN3O3S. The fourth-order valence-corrected chi connectivity index (χ4v) is 4.78. The summed E-state index contributed by atoms with van der Waals surface area (Å²) in [5.41, 5.74) is 1.25. The van der Waals surface area contributed by atoms with Crippen molar-refractivity contribution in [3.05, 3.63) is 53.6 Å². The SMILES string of the molecule is O=S1(=O)CCC(Oc2cccc3ncnc(Nc4ccc(F)c(Cl)c4)c23)CC1. The Kier molecular flexibility index (Phi) is 5.07. The standard InChI is InChI=1S/C19H17ClFN3O3S/c20-14-10-12(4-5-15(14)21)24-19-18-16(22-11-23-19)2-1-3-17(18)27-13-6-8-28(25,26)9-7-13/h1-5,10-11,13H,6-9H2,(H,22,23,24). The Balaban J connectivity index is 1.67. The minimum atomic E-state index is -2.97. The van der Waals surface area contributed by atoms with E-state index >= 15 is 0 Å². The molecular weight excluding hydrogens is 405 g/mol. The number of sulfone groups is 1. The van der Waals surface area contributed by atoms with Gasteiger partial charge in [0.1, 0.15) is 29.8 Å². The third-order valence-corrected chi connectivity index (χ3v) is 6.61. The van der Waals surface area contributed by atoms with E-state index in [0.717, 1.165) is 0 Å². The van der Waals surface area contributed by atoms with Crippen molar-refractivity contribution in [2.45, 2.75) is 18.9 Å². The molecule has 146 valence electrons. The van der Waals surface area contributed by atoms with E-state index in [-0.39, 0.29) is 22.6 Å². The molecule has 1 aliphatic heterocycles. The van der Waals surface area contributed by atoms with E-state index in [2.05, 4.69) is 15.3 Å². The molecule has 0 aliphatic carbocycles. The maximum atomic E-state index is 13.4. The summed E-state index contributed by atoms with van der Waals surface area (Å²) in [5.74, 6) is 0.803. The second kappa shape index (κ2) is 7.52. The first kappa shape index (κ1) is 18.9. The molecule has 1 fully saturated rings. The number of benzene rings is 2. The van der Waals surface area contributed by atoms with Crippen molar-refractivity contribution in [2.24, 2.45) is 0 Å². The van der Waals surface area contributed by atoms with Gasteiger partial charge >= 0.3 is 0 Å². The van der Waals surface area contributed by atoms with Crippen LogP contribution in [0.2, 0.25) is 5.02 Å². The van der Waals surface area contributed by atoms with Crippen LogP contribution < -0.4 is 10.1 Å². The molecule has 0 bridgehead atoms. The number of ether oxygens (including phenoxy) is 1. The van der Waals surface area contributed by atoms with Gasteiger partial charge in [0.25, 0.3) is 0 Å². The van der Waals surface area contributed by atoms with Gasteiger partial charge in [0.15, 0.2) is 9.84 Å². The number of anilines is 2. The molecule has 1 saturated heterocycles. The third kappa shape index (κ3) is 4.02. The largest absolute Gasteiger partial charge is 0.490 e. The van der Waals surface area contributed by atoms with Gasteiger partial charge in [-0.3, -0.25) is 0 Å². The number of halogens is 2. The van der Waals surface area contributed by atoms with Crippen molar-refractivity contribution < 1.29 is 17.5 Å². The Morgan fingerprint density at radius 1 is 1.14 bits per heavy atom. The van der Waals surface area contributed by atoms with Gasteiger partial charge in [-0.15, -0.1) is 0 Å². The summed E-state index contributed by atoms with van der Waals surface area (Å²) in [6.45, 7) is 0. The number of nitrogens with zero attached hydrogens (tertiary/aromatic N) is 2. The summed E-state index contributed by atoms with van der Waals surface area (Å²) in [5, 5.41) is 3.80. The molecule has 0 amide bonds.